The third kappa shape index (κ3) is 4.17. The maximum Gasteiger partial charge on any atom is 0.248 e. The van der Waals surface area contributed by atoms with Crippen molar-refractivity contribution in [2.24, 2.45) is 5.92 Å². The van der Waals surface area contributed by atoms with Gasteiger partial charge in [0.1, 0.15) is 6.33 Å². The molecule has 0 aliphatic rings. The van der Waals surface area contributed by atoms with E-state index < -0.39 is 0 Å². The van der Waals surface area contributed by atoms with Crippen LogP contribution >= 0.6 is 0 Å². The highest BCUT2D eigenvalue weighted by Crippen LogP contribution is 2.04. The number of aromatic nitrogens is 4. The zero-order valence-corrected chi connectivity index (χ0v) is 11.1. The van der Waals surface area contributed by atoms with E-state index in [0.29, 0.717) is 24.8 Å². The van der Waals surface area contributed by atoms with Crippen LogP contribution in [0, 0.1) is 5.92 Å². The summed E-state index contributed by atoms with van der Waals surface area (Å²) in [6.07, 6.45) is 3.78. The van der Waals surface area contributed by atoms with Crippen molar-refractivity contribution in [1.82, 2.24) is 19.7 Å². The number of rotatable bonds is 5. The molecule has 0 aliphatic heterocycles. The molecule has 0 aromatic carbocycles. The number of nitrogens with zero attached hydrogens (tertiary/aromatic N) is 4. The van der Waals surface area contributed by atoms with Crippen molar-refractivity contribution in [2.75, 3.05) is 5.32 Å². The summed E-state index contributed by atoms with van der Waals surface area (Å²) in [7, 11) is 0. The highest BCUT2D eigenvalue weighted by atomic mass is 16.1. The van der Waals surface area contributed by atoms with E-state index in [4.69, 9.17) is 0 Å². The van der Waals surface area contributed by atoms with Gasteiger partial charge in [0.05, 0.1) is 12.2 Å². The molecule has 1 N–H and O–H groups in total. The van der Waals surface area contributed by atoms with E-state index >= 15 is 0 Å². The molecule has 0 saturated heterocycles. The smallest absolute Gasteiger partial charge is 0.248 e. The Morgan fingerprint density at radius 1 is 1.37 bits per heavy atom. The lowest BCUT2D eigenvalue weighted by Gasteiger charge is -2.03. The van der Waals surface area contributed by atoms with Crippen molar-refractivity contribution in [3.8, 4) is 0 Å². The van der Waals surface area contributed by atoms with E-state index in [1.54, 1.807) is 17.2 Å². The molecule has 2 rings (SSSR count). The summed E-state index contributed by atoms with van der Waals surface area (Å²) >= 11 is 0. The van der Waals surface area contributed by atoms with Crippen molar-refractivity contribution in [1.29, 1.82) is 0 Å². The summed E-state index contributed by atoms with van der Waals surface area (Å²) in [6.45, 7) is 4.52. The topological polar surface area (TPSA) is 72.7 Å². The average molecular weight is 259 g/mol. The van der Waals surface area contributed by atoms with Crippen LogP contribution in [0.1, 0.15) is 26.0 Å². The minimum atomic E-state index is -0.0643. The third-order valence-corrected chi connectivity index (χ3v) is 2.43. The molecule has 0 radical (unpaired) electrons. The largest absolute Gasteiger partial charge is 0.293 e. The minimum absolute atomic E-state index is 0.0643. The first-order chi connectivity index (χ1) is 9.13. The molecular weight excluding hydrogens is 242 g/mol. The van der Waals surface area contributed by atoms with Gasteiger partial charge in [-0.3, -0.25) is 15.1 Å². The lowest BCUT2D eigenvalue weighted by atomic mass is 10.1. The highest BCUT2D eigenvalue weighted by Gasteiger charge is 2.08. The number of carbonyl (C=O) groups excluding carboxylic acids is 1. The monoisotopic (exact) mass is 259 g/mol. The van der Waals surface area contributed by atoms with Crippen molar-refractivity contribution in [2.45, 2.75) is 26.8 Å². The quantitative estimate of drug-likeness (QED) is 0.887. The third-order valence-electron chi connectivity index (χ3n) is 2.43. The molecule has 2 aromatic rings. The molecule has 0 aliphatic carbocycles. The first-order valence-corrected chi connectivity index (χ1v) is 6.22. The molecule has 0 saturated carbocycles. The van der Waals surface area contributed by atoms with Gasteiger partial charge in [-0.05, 0) is 18.1 Å². The molecule has 0 fully saturated rings. The van der Waals surface area contributed by atoms with Crippen LogP contribution in [0.3, 0.4) is 0 Å². The maximum atomic E-state index is 11.6. The molecule has 0 bridgehead atoms. The second kappa shape index (κ2) is 6.08. The van der Waals surface area contributed by atoms with Crippen LogP contribution in [0.15, 0.2) is 30.7 Å². The first-order valence-electron chi connectivity index (χ1n) is 6.22. The van der Waals surface area contributed by atoms with Gasteiger partial charge in [0.15, 0.2) is 0 Å². The minimum Gasteiger partial charge on any atom is -0.293 e. The predicted molar refractivity (Wildman–Crippen MR) is 71.4 cm³/mol. The molecule has 1 amide bonds. The molecule has 6 nitrogen and oxygen atoms in total. The Morgan fingerprint density at radius 2 is 2.21 bits per heavy atom. The molecule has 19 heavy (non-hydrogen) atoms. The Labute approximate surface area is 111 Å². The van der Waals surface area contributed by atoms with Gasteiger partial charge in [0, 0.05) is 12.6 Å². The van der Waals surface area contributed by atoms with Gasteiger partial charge in [-0.25, -0.2) is 9.67 Å². The Kier molecular flexibility index (Phi) is 4.22. The van der Waals surface area contributed by atoms with E-state index in [2.05, 4.69) is 20.4 Å². The number of carbonyl (C=O) groups is 1. The molecule has 2 aromatic heterocycles. The second-order valence-corrected chi connectivity index (χ2v) is 4.73. The molecule has 0 unspecified atom stereocenters. The molecule has 0 atom stereocenters. The predicted octanol–water partition coefficient (Wildman–Crippen LogP) is 1.71. The molecule has 6 heteroatoms. The van der Waals surface area contributed by atoms with Gasteiger partial charge in [-0.1, -0.05) is 19.9 Å². The van der Waals surface area contributed by atoms with Crippen molar-refractivity contribution in [3.05, 3.63) is 36.4 Å². The Balaban J connectivity index is 1.94. The number of hydrogen-bond acceptors (Lipinski definition) is 4. The van der Waals surface area contributed by atoms with E-state index in [-0.39, 0.29) is 5.91 Å². The van der Waals surface area contributed by atoms with E-state index in [1.165, 1.54) is 0 Å². The number of pyridine rings is 1. The summed E-state index contributed by atoms with van der Waals surface area (Å²) < 4.78 is 1.65. The first kappa shape index (κ1) is 13.2. The Bertz CT molecular complexity index is 535. The van der Waals surface area contributed by atoms with Gasteiger partial charge in [-0.2, -0.15) is 0 Å². The lowest BCUT2D eigenvalue weighted by Crippen LogP contribution is -2.15. The fourth-order valence-electron chi connectivity index (χ4n) is 1.63. The summed E-state index contributed by atoms with van der Waals surface area (Å²) in [5.41, 5.74) is 0.896. The van der Waals surface area contributed by atoms with Crippen molar-refractivity contribution >= 4 is 11.9 Å². The van der Waals surface area contributed by atoms with Gasteiger partial charge in [0.2, 0.25) is 11.9 Å². The van der Waals surface area contributed by atoms with Gasteiger partial charge < -0.3 is 0 Å². The normalized spacial score (nSPS) is 10.7. The maximum absolute atomic E-state index is 11.6. The SMILES string of the molecule is CC(C)CC(=O)Nc1ncn(Cc2ccccn2)n1. The summed E-state index contributed by atoms with van der Waals surface area (Å²) in [5, 5.41) is 6.86. The van der Waals surface area contributed by atoms with Crippen molar-refractivity contribution in [3.63, 3.8) is 0 Å². The number of nitrogens with one attached hydrogen (secondary N) is 1. The summed E-state index contributed by atoms with van der Waals surface area (Å²) in [6, 6.07) is 5.70. The second-order valence-electron chi connectivity index (χ2n) is 4.73. The zero-order valence-electron chi connectivity index (χ0n) is 11.1. The van der Waals surface area contributed by atoms with Crippen LogP contribution in [0.5, 0.6) is 0 Å². The summed E-state index contributed by atoms with van der Waals surface area (Å²) in [4.78, 5) is 19.8. The number of amides is 1. The fraction of sp³-hybridized carbons (Fsp3) is 0.385. The lowest BCUT2D eigenvalue weighted by molar-refractivity contribution is -0.116. The van der Waals surface area contributed by atoms with E-state index in [0.717, 1.165) is 5.69 Å². The van der Waals surface area contributed by atoms with E-state index in [9.17, 15) is 4.79 Å². The molecule has 0 spiro atoms. The van der Waals surface area contributed by atoms with Gasteiger partial charge >= 0.3 is 0 Å². The van der Waals surface area contributed by atoms with Crippen molar-refractivity contribution < 1.29 is 4.79 Å². The Hall–Kier alpha value is -2.24. The molecule has 100 valence electrons. The van der Waals surface area contributed by atoms with Gasteiger partial charge in [-0.15, -0.1) is 5.10 Å². The number of hydrogen-bond donors (Lipinski definition) is 1. The van der Waals surface area contributed by atoms with Crippen LogP contribution in [0.2, 0.25) is 0 Å². The number of anilines is 1. The summed E-state index contributed by atoms with van der Waals surface area (Å²) in [5.74, 6) is 0.586. The van der Waals surface area contributed by atoms with Crippen LogP contribution in [-0.4, -0.2) is 25.7 Å². The Morgan fingerprint density at radius 3 is 2.89 bits per heavy atom. The highest BCUT2D eigenvalue weighted by molar-refractivity contribution is 5.88. The van der Waals surface area contributed by atoms with Crippen LogP contribution < -0.4 is 5.32 Å². The standard InChI is InChI=1S/C13H17N5O/c1-10(2)7-12(19)16-13-15-9-18(17-13)8-11-5-3-4-6-14-11/h3-6,9-10H,7-8H2,1-2H3,(H,16,17,19). The molecular formula is C13H17N5O. The molecule has 2 heterocycles. The van der Waals surface area contributed by atoms with Crippen LogP contribution in [0.4, 0.5) is 5.95 Å². The van der Waals surface area contributed by atoms with E-state index in [1.807, 2.05) is 32.0 Å². The van der Waals surface area contributed by atoms with Gasteiger partial charge in [0.25, 0.3) is 0 Å². The fourth-order valence-corrected chi connectivity index (χ4v) is 1.63. The average Bonchev–Trinajstić information content (AvgIpc) is 2.76. The zero-order chi connectivity index (χ0) is 13.7. The van der Waals surface area contributed by atoms with Crippen LogP contribution in [-0.2, 0) is 11.3 Å². The van der Waals surface area contributed by atoms with Crippen LogP contribution in [0.25, 0.3) is 0 Å².